The van der Waals surface area contributed by atoms with E-state index in [0.29, 0.717) is 0 Å². The molecule has 2 N–H and O–H groups in total. The smallest absolute Gasteiger partial charge is 0.237 e. The van der Waals surface area contributed by atoms with Gasteiger partial charge in [-0.05, 0) is 32.7 Å². The minimum absolute atomic E-state index is 0. The molecule has 116 valence electrons. The van der Waals surface area contributed by atoms with Crippen molar-refractivity contribution in [2.45, 2.75) is 51.6 Å². The van der Waals surface area contributed by atoms with Crippen LogP contribution in [-0.4, -0.2) is 23.5 Å². The predicted octanol–water partition coefficient (Wildman–Crippen LogP) is 3.00. The molecule has 1 aliphatic rings. The number of rotatable bonds is 4. The Hall–Kier alpha value is -0.360. The molecule has 0 spiro atoms. The molecule has 0 aliphatic carbocycles. The normalized spacial score (nSPS) is 19.4. The van der Waals surface area contributed by atoms with Crippen molar-refractivity contribution in [2.75, 3.05) is 6.54 Å². The fraction of sp³-hybridized carbons (Fsp3) is 0.692. The van der Waals surface area contributed by atoms with Crippen LogP contribution in [0, 0.1) is 6.92 Å². The number of carbonyl (C=O) groups is 1. The number of aryl methyl sites for hydroxylation is 1. The Morgan fingerprint density at radius 1 is 1.55 bits per heavy atom. The second-order valence-electron chi connectivity index (χ2n) is 4.80. The van der Waals surface area contributed by atoms with Crippen molar-refractivity contribution in [3.05, 3.63) is 16.1 Å². The fourth-order valence-electron chi connectivity index (χ4n) is 2.22. The molecule has 0 radical (unpaired) electrons. The van der Waals surface area contributed by atoms with E-state index in [1.54, 1.807) is 11.3 Å². The van der Waals surface area contributed by atoms with Gasteiger partial charge < -0.3 is 10.6 Å². The van der Waals surface area contributed by atoms with Gasteiger partial charge in [-0.2, -0.15) is 0 Å². The van der Waals surface area contributed by atoms with E-state index in [0.717, 1.165) is 36.5 Å². The first-order valence-electron chi connectivity index (χ1n) is 6.66. The maximum Gasteiger partial charge on any atom is 0.237 e. The summed E-state index contributed by atoms with van der Waals surface area (Å²) in [7, 11) is 0. The number of halogens is 2. The first kappa shape index (κ1) is 19.6. The highest BCUT2D eigenvalue weighted by molar-refractivity contribution is 7.09. The lowest BCUT2D eigenvalue weighted by atomic mass is 10.0. The van der Waals surface area contributed by atoms with Gasteiger partial charge in [-0.3, -0.25) is 4.79 Å². The van der Waals surface area contributed by atoms with Gasteiger partial charge in [0.25, 0.3) is 0 Å². The maximum atomic E-state index is 12.2. The van der Waals surface area contributed by atoms with Crippen LogP contribution in [0.5, 0.6) is 0 Å². The van der Waals surface area contributed by atoms with Crippen LogP contribution in [0.25, 0.3) is 0 Å². The van der Waals surface area contributed by atoms with Crippen molar-refractivity contribution in [2.24, 2.45) is 0 Å². The molecule has 20 heavy (non-hydrogen) atoms. The summed E-state index contributed by atoms with van der Waals surface area (Å²) >= 11 is 1.62. The summed E-state index contributed by atoms with van der Waals surface area (Å²) in [5.74, 6) is 0.120. The van der Waals surface area contributed by atoms with Gasteiger partial charge in [-0.15, -0.1) is 36.2 Å². The molecule has 2 heterocycles. The summed E-state index contributed by atoms with van der Waals surface area (Å²) in [6.45, 7) is 5.01. The Labute approximate surface area is 137 Å². The molecule has 2 rings (SSSR count). The molecule has 0 bridgehead atoms. The third-order valence-electron chi connectivity index (χ3n) is 3.29. The Morgan fingerprint density at radius 3 is 2.80 bits per heavy atom. The molecule has 0 saturated carbocycles. The number of amides is 1. The number of thiazole rings is 1. The largest absolute Gasteiger partial charge is 0.346 e. The number of hydrogen-bond donors (Lipinski definition) is 2. The van der Waals surface area contributed by atoms with Crippen LogP contribution in [0.4, 0.5) is 0 Å². The molecule has 1 saturated heterocycles. The average Bonchev–Trinajstić information content (AvgIpc) is 2.83. The van der Waals surface area contributed by atoms with Crippen LogP contribution in [0.1, 0.15) is 49.4 Å². The average molecular weight is 340 g/mol. The number of aromatic nitrogens is 1. The van der Waals surface area contributed by atoms with Gasteiger partial charge in [0.05, 0.1) is 12.1 Å². The number of piperidine rings is 1. The zero-order valence-electron chi connectivity index (χ0n) is 11.8. The zero-order chi connectivity index (χ0) is 13.0. The summed E-state index contributed by atoms with van der Waals surface area (Å²) in [5.41, 5.74) is 1.03. The van der Waals surface area contributed by atoms with Crippen LogP contribution < -0.4 is 10.6 Å². The van der Waals surface area contributed by atoms with Crippen LogP contribution in [0.2, 0.25) is 0 Å². The lowest BCUT2D eigenvalue weighted by molar-refractivity contribution is -0.124. The second kappa shape index (κ2) is 9.55. The summed E-state index contributed by atoms with van der Waals surface area (Å²) < 4.78 is 0. The standard InChI is InChI=1S/C13H21N3OS.2ClH/c1-3-10(13-15-9(2)8-18-13)16-12(17)11-6-4-5-7-14-11;;/h8,10-11,14H,3-7H2,1-2H3,(H,16,17);2*1H/t10?,11-;;/m1../s1. The van der Waals surface area contributed by atoms with E-state index >= 15 is 0 Å². The van der Waals surface area contributed by atoms with Crippen LogP contribution in [0.3, 0.4) is 0 Å². The van der Waals surface area contributed by atoms with Gasteiger partial charge in [-0.1, -0.05) is 13.3 Å². The van der Waals surface area contributed by atoms with E-state index in [2.05, 4.69) is 22.5 Å². The Balaban J connectivity index is 0.00000180. The van der Waals surface area contributed by atoms with E-state index in [1.807, 2.05) is 12.3 Å². The van der Waals surface area contributed by atoms with Crippen molar-refractivity contribution in [3.63, 3.8) is 0 Å². The Bertz CT molecular complexity index is 408. The number of nitrogens with zero attached hydrogens (tertiary/aromatic N) is 1. The molecule has 1 aromatic heterocycles. The molecule has 7 heteroatoms. The van der Waals surface area contributed by atoms with Gasteiger partial charge in [0, 0.05) is 11.1 Å². The molecule has 1 aromatic rings. The van der Waals surface area contributed by atoms with Gasteiger partial charge in [0.2, 0.25) is 5.91 Å². The zero-order valence-corrected chi connectivity index (χ0v) is 14.3. The summed E-state index contributed by atoms with van der Waals surface area (Å²) in [4.78, 5) is 16.6. The van der Waals surface area contributed by atoms with Crippen LogP contribution in [-0.2, 0) is 4.79 Å². The molecule has 1 aliphatic heterocycles. The van der Waals surface area contributed by atoms with Gasteiger partial charge in [0.15, 0.2) is 0 Å². The van der Waals surface area contributed by atoms with Gasteiger partial charge in [0.1, 0.15) is 5.01 Å². The van der Waals surface area contributed by atoms with Crippen LogP contribution in [0.15, 0.2) is 5.38 Å². The van der Waals surface area contributed by atoms with Crippen molar-refractivity contribution in [3.8, 4) is 0 Å². The quantitative estimate of drug-likeness (QED) is 0.886. The van der Waals surface area contributed by atoms with E-state index in [9.17, 15) is 4.79 Å². The van der Waals surface area contributed by atoms with Gasteiger partial charge >= 0.3 is 0 Å². The third-order valence-corrected chi connectivity index (χ3v) is 4.36. The molecule has 2 atom stereocenters. The highest BCUT2D eigenvalue weighted by Gasteiger charge is 2.23. The SMILES string of the molecule is CCC(NC(=O)[C@H]1CCCCN1)c1nc(C)cs1.Cl.Cl. The molecule has 4 nitrogen and oxygen atoms in total. The van der Waals surface area contributed by atoms with E-state index in [4.69, 9.17) is 0 Å². The lowest BCUT2D eigenvalue weighted by Crippen LogP contribution is -2.47. The second-order valence-corrected chi connectivity index (χ2v) is 5.69. The third kappa shape index (κ3) is 5.20. The van der Waals surface area contributed by atoms with Crippen molar-refractivity contribution in [1.82, 2.24) is 15.6 Å². The molecule has 1 unspecified atom stereocenters. The topological polar surface area (TPSA) is 54.0 Å². The molecule has 1 fully saturated rings. The number of carbonyl (C=O) groups excluding carboxylic acids is 1. The highest BCUT2D eigenvalue weighted by atomic mass is 35.5. The maximum absolute atomic E-state index is 12.2. The minimum Gasteiger partial charge on any atom is -0.346 e. The van der Waals surface area contributed by atoms with Crippen molar-refractivity contribution >= 4 is 42.1 Å². The van der Waals surface area contributed by atoms with E-state index < -0.39 is 0 Å². The number of hydrogen-bond acceptors (Lipinski definition) is 4. The minimum atomic E-state index is -0.0196. The molecule has 0 aromatic carbocycles. The van der Waals surface area contributed by atoms with Crippen molar-refractivity contribution in [1.29, 1.82) is 0 Å². The molecule has 1 amide bonds. The highest BCUT2D eigenvalue weighted by Crippen LogP contribution is 2.21. The first-order valence-corrected chi connectivity index (χ1v) is 7.54. The fourth-order valence-corrected chi connectivity index (χ4v) is 3.15. The van der Waals surface area contributed by atoms with E-state index in [-0.39, 0.29) is 42.8 Å². The predicted molar refractivity (Wildman–Crippen MR) is 88.2 cm³/mol. The van der Waals surface area contributed by atoms with Crippen LogP contribution >= 0.6 is 36.2 Å². The first-order chi connectivity index (χ1) is 8.70. The molecular weight excluding hydrogens is 317 g/mol. The molecular formula is C13H23Cl2N3OS. The Kier molecular flexibility index (Phi) is 9.38. The van der Waals surface area contributed by atoms with Gasteiger partial charge in [-0.25, -0.2) is 4.98 Å². The van der Waals surface area contributed by atoms with E-state index in [1.165, 1.54) is 6.42 Å². The van der Waals surface area contributed by atoms with Crippen molar-refractivity contribution < 1.29 is 4.79 Å². The Morgan fingerprint density at radius 2 is 2.30 bits per heavy atom. The summed E-state index contributed by atoms with van der Waals surface area (Å²) in [6.07, 6.45) is 4.13. The lowest BCUT2D eigenvalue weighted by Gasteiger charge is -2.24. The number of nitrogens with one attached hydrogen (secondary N) is 2. The summed E-state index contributed by atoms with van der Waals surface area (Å²) in [6, 6.07) is 0.0359. The summed E-state index contributed by atoms with van der Waals surface area (Å²) in [5, 5.41) is 9.43. The monoisotopic (exact) mass is 339 g/mol.